The van der Waals surface area contributed by atoms with Crippen LogP contribution >= 0.6 is 0 Å². The molecule has 0 saturated carbocycles. The normalized spacial score (nSPS) is 13.3. The molecule has 0 radical (unpaired) electrons. The molecular weight excluding hydrogens is 415 g/mol. The van der Waals surface area contributed by atoms with Gasteiger partial charge in [-0.15, -0.1) is 11.5 Å². The first kappa shape index (κ1) is 26.4. The lowest BCUT2D eigenvalue weighted by atomic mass is 10.0. The van der Waals surface area contributed by atoms with Crippen molar-refractivity contribution in [3.8, 4) is 11.5 Å². The van der Waals surface area contributed by atoms with E-state index in [0.717, 1.165) is 0 Å². The van der Waals surface area contributed by atoms with Crippen LogP contribution in [0, 0.1) is 17.3 Å². The van der Waals surface area contributed by atoms with E-state index in [4.69, 9.17) is 4.74 Å². The van der Waals surface area contributed by atoms with Gasteiger partial charge in [-0.3, -0.25) is 9.59 Å². The van der Waals surface area contributed by atoms with Gasteiger partial charge in [0.1, 0.15) is 26.0 Å². The van der Waals surface area contributed by atoms with Crippen molar-refractivity contribution in [1.29, 1.82) is 0 Å². The summed E-state index contributed by atoms with van der Waals surface area (Å²) in [7, 11) is -0.653. The van der Waals surface area contributed by atoms with Crippen LogP contribution in [0.15, 0.2) is 24.3 Å². The number of esters is 1. The predicted octanol–water partition coefficient (Wildman–Crippen LogP) is 2.97. The largest absolute Gasteiger partial charge is 0.467 e. The zero-order chi connectivity index (χ0) is 23.8. The van der Waals surface area contributed by atoms with Crippen LogP contribution in [-0.4, -0.2) is 45.1 Å². The molecule has 0 fully saturated rings. The zero-order valence-corrected chi connectivity index (χ0v) is 20.4. The number of rotatable bonds is 7. The fourth-order valence-electron chi connectivity index (χ4n) is 2.51. The van der Waals surface area contributed by atoms with Gasteiger partial charge >= 0.3 is 5.97 Å². The Morgan fingerprint density at radius 2 is 1.74 bits per heavy atom. The summed E-state index contributed by atoms with van der Waals surface area (Å²) >= 11 is 0. The lowest BCUT2D eigenvalue weighted by Crippen LogP contribution is -2.52. The summed E-state index contributed by atoms with van der Waals surface area (Å²) in [4.78, 5) is 36.7. The molecular formula is C23H33FN2O4Si. The number of ether oxygens (including phenoxy) is 1. The standard InChI is InChI=1S/C23H33FN2O4Si/c1-16(27)25-20(15-17-11-8-9-12-18(17)24)21(28)26-19(22(29)30-5)13-10-14-31(6,7)23(2,3)4/h8-9,11-12,19-20H,13,15H2,1-7H3,(H,25,27)(H,26,28)/t19-,20-/m0/s1. The maximum absolute atomic E-state index is 14.0. The molecule has 0 aliphatic rings. The van der Waals surface area contributed by atoms with Gasteiger partial charge < -0.3 is 15.4 Å². The van der Waals surface area contributed by atoms with E-state index >= 15 is 0 Å². The highest BCUT2D eigenvalue weighted by Crippen LogP contribution is 2.35. The molecule has 0 unspecified atom stereocenters. The van der Waals surface area contributed by atoms with Crippen LogP contribution in [0.2, 0.25) is 18.1 Å². The molecule has 0 aromatic heterocycles. The Labute approximate surface area is 185 Å². The van der Waals surface area contributed by atoms with Crippen LogP contribution in [0.3, 0.4) is 0 Å². The van der Waals surface area contributed by atoms with E-state index in [1.165, 1.54) is 20.1 Å². The number of carbonyl (C=O) groups is 3. The molecule has 2 N–H and O–H groups in total. The number of nitrogens with one attached hydrogen (secondary N) is 2. The van der Waals surface area contributed by atoms with Gasteiger partial charge in [0.15, 0.2) is 0 Å². The van der Waals surface area contributed by atoms with Crippen LogP contribution < -0.4 is 10.6 Å². The molecule has 0 saturated heterocycles. The molecule has 2 amide bonds. The molecule has 31 heavy (non-hydrogen) atoms. The maximum Gasteiger partial charge on any atom is 0.329 e. The van der Waals surface area contributed by atoms with Gasteiger partial charge in [0.25, 0.3) is 0 Å². The fourth-order valence-corrected chi connectivity index (χ4v) is 3.43. The van der Waals surface area contributed by atoms with E-state index in [1.807, 2.05) is 0 Å². The van der Waals surface area contributed by atoms with Gasteiger partial charge in [-0.2, -0.15) is 0 Å². The lowest BCUT2D eigenvalue weighted by molar-refractivity contribution is -0.145. The lowest BCUT2D eigenvalue weighted by Gasteiger charge is -2.31. The highest BCUT2D eigenvalue weighted by Gasteiger charge is 2.34. The summed E-state index contributed by atoms with van der Waals surface area (Å²) in [5, 5.41) is 5.17. The van der Waals surface area contributed by atoms with E-state index in [1.54, 1.807) is 18.2 Å². The number of methoxy groups -OCH3 is 1. The van der Waals surface area contributed by atoms with E-state index in [0.29, 0.717) is 0 Å². The predicted molar refractivity (Wildman–Crippen MR) is 121 cm³/mol. The molecule has 6 nitrogen and oxygen atoms in total. The van der Waals surface area contributed by atoms with Crippen molar-refractivity contribution >= 4 is 25.9 Å². The molecule has 1 aromatic rings. The Balaban J connectivity index is 3.03. The number of benzene rings is 1. The first-order valence-electron chi connectivity index (χ1n) is 10.2. The third kappa shape index (κ3) is 8.17. The number of amides is 2. The first-order chi connectivity index (χ1) is 14.3. The Morgan fingerprint density at radius 3 is 2.26 bits per heavy atom. The van der Waals surface area contributed by atoms with Crippen molar-refractivity contribution in [3.63, 3.8) is 0 Å². The van der Waals surface area contributed by atoms with Gasteiger partial charge in [-0.25, -0.2) is 9.18 Å². The number of hydrogen-bond donors (Lipinski definition) is 2. The van der Waals surface area contributed by atoms with Crippen molar-refractivity contribution < 1.29 is 23.5 Å². The minimum Gasteiger partial charge on any atom is -0.467 e. The number of carbonyl (C=O) groups excluding carboxylic acids is 3. The molecule has 1 rings (SSSR count). The second kappa shape index (κ2) is 11.1. The average Bonchev–Trinajstić information content (AvgIpc) is 2.66. The van der Waals surface area contributed by atoms with Crippen LogP contribution in [-0.2, 0) is 25.5 Å². The maximum atomic E-state index is 14.0. The van der Waals surface area contributed by atoms with Crippen molar-refractivity contribution in [2.45, 2.75) is 70.8 Å². The first-order valence-corrected chi connectivity index (χ1v) is 13.2. The third-order valence-electron chi connectivity index (χ3n) is 5.46. The summed E-state index contributed by atoms with van der Waals surface area (Å²) in [6.45, 7) is 12.0. The summed E-state index contributed by atoms with van der Waals surface area (Å²) in [5.74, 6) is 0.881. The van der Waals surface area contributed by atoms with Gasteiger partial charge in [0, 0.05) is 19.8 Å². The summed E-state index contributed by atoms with van der Waals surface area (Å²) in [6, 6.07) is 3.97. The van der Waals surface area contributed by atoms with Crippen LogP contribution in [0.1, 0.15) is 39.7 Å². The Hall–Kier alpha value is -2.66. The fraction of sp³-hybridized carbons (Fsp3) is 0.522. The van der Waals surface area contributed by atoms with E-state index in [-0.39, 0.29) is 23.4 Å². The van der Waals surface area contributed by atoms with Crippen molar-refractivity contribution in [2.24, 2.45) is 0 Å². The Morgan fingerprint density at radius 1 is 1.13 bits per heavy atom. The van der Waals surface area contributed by atoms with Crippen LogP contribution in [0.25, 0.3) is 0 Å². The Kier molecular flexibility index (Phi) is 9.44. The highest BCUT2D eigenvalue weighted by molar-refractivity contribution is 6.87. The second-order valence-electron chi connectivity index (χ2n) is 9.01. The van der Waals surface area contributed by atoms with Crippen LogP contribution in [0.4, 0.5) is 4.39 Å². The summed E-state index contributed by atoms with van der Waals surface area (Å²) in [5.41, 5.74) is 3.58. The van der Waals surface area contributed by atoms with E-state index in [2.05, 4.69) is 56.0 Å². The summed E-state index contributed by atoms with van der Waals surface area (Å²) < 4.78 is 18.8. The topological polar surface area (TPSA) is 84.5 Å². The molecule has 0 spiro atoms. The third-order valence-corrected chi connectivity index (χ3v) is 10.0. The van der Waals surface area contributed by atoms with Crippen molar-refractivity contribution in [3.05, 3.63) is 35.6 Å². The van der Waals surface area contributed by atoms with Gasteiger partial charge in [-0.1, -0.05) is 52.1 Å². The monoisotopic (exact) mass is 448 g/mol. The van der Waals surface area contributed by atoms with Gasteiger partial charge in [0.05, 0.1) is 7.11 Å². The minimum atomic E-state index is -1.88. The van der Waals surface area contributed by atoms with Crippen molar-refractivity contribution in [2.75, 3.05) is 7.11 Å². The average molecular weight is 449 g/mol. The SMILES string of the molecule is COC(=O)[C@H](CC#C[Si](C)(C)C(C)(C)C)NC(=O)[C@H](Cc1ccccc1F)NC(C)=O. The van der Waals surface area contributed by atoms with E-state index in [9.17, 15) is 18.8 Å². The quantitative estimate of drug-likeness (QED) is 0.382. The molecule has 0 aliphatic carbocycles. The Bertz CT molecular complexity index is 868. The minimum absolute atomic E-state index is 0.0539. The summed E-state index contributed by atoms with van der Waals surface area (Å²) in [6.07, 6.45) is 0.0268. The highest BCUT2D eigenvalue weighted by atomic mass is 28.3. The second-order valence-corrected chi connectivity index (χ2v) is 14.0. The molecule has 0 aliphatic heterocycles. The number of halogens is 1. The van der Waals surface area contributed by atoms with Gasteiger partial charge in [0.2, 0.25) is 11.8 Å². The van der Waals surface area contributed by atoms with Gasteiger partial charge in [-0.05, 0) is 16.7 Å². The zero-order valence-electron chi connectivity index (χ0n) is 19.4. The molecule has 0 heterocycles. The molecule has 0 bridgehead atoms. The molecule has 170 valence electrons. The van der Waals surface area contributed by atoms with Crippen LogP contribution in [0.5, 0.6) is 0 Å². The van der Waals surface area contributed by atoms with Crippen molar-refractivity contribution in [1.82, 2.24) is 10.6 Å². The molecule has 8 heteroatoms. The van der Waals surface area contributed by atoms with E-state index < -0.39 is 43.8 Å². The molecule has 2 atom stereocenters. The molecule has 1 aromatic carbocycles. The number of hydrogen-bond acceptors (Lipinski definition) is 4. The smallest absolute Gasteiger partial charge is 0.329 e.